The average Bonchev–Trinajstić information content (AvgIpc) is 2.52. The summed E-state index contributed by atoms with van der Waals surface area (Å²) in [6.07, 6.45) is 4.08. The molecule has 0 saturated carbocycles. The molecule has 0 atom stereocenters. The van der Waals surface area contributed by atoms with Crippen LogP contribution in [0.15, 0.2) is 24.3 Å². The summed E-state index contributed by atoms with van der Waals surface area (Å²) in [5, 5.41) is 3.10. The number of ether oxygens (including phenoxy) is 1. The molecule has 4 heteroatoms. The fraction of sp³-hybridized carbons (Fsp3) is 0.632. The monoisotopic (exact) mass is 318 g/mol. The number of carbonyl (C=O) groups is 1. The van der Waals surface area contributed by atoms with Crippen molar-refractivity contribution in [3.63, 3.8) is 0 Å². The molecule has 1 aromatic rings. The fourth-order valence-electron chi connectivity index (χ4n) is 2.97. The van der Waals surface area contributed by atoms with E-state index in [1.807, 2.05) is 26.0 Å². The second-order valence-corrected chi connectivity index (χ2v) is 6.79. The van der Waals surface area contributed by atoms with E-state index in [1.54, 1.807) is 0 Å². The summed E-state index contributed by atoms with van der Waals surface area (Å²) in [6.45, 7) is 6.87. The summed E-state index contributed by atoms with van der Waals surface area (Å²) in [5.41, 5.74) is 1.26. The number of carbonyl (C=O) groups excluding carboxylic acids is 1. The smallest absolute Gasteiger partial charge is 0.223 e. The fourth-order valence-corrected chi connectivity index (χ4v) is 2.97. The van der Waals surface area contributed by atoms with Gasteiger partial charge in [0, 0.05) is 12.5 Å². The maximum absolute atomic E-state index is 12.1. The van der Waals surface area contributed by atoms with Crippen LogP contribution in [-0.4, -0.2) is 43.6 Å². The van der Waals surface area contributed by atoms with Crippen LogP contribution < -0.4 is 10.1 Å². The third-order valence-electron chi connectivity index (χ3n) is 4.30. The van der Waals surface area contributed by atoms with Crippen LogP contribution in [0, 0.1) is 5.92 Å². The number of nitrogens with zero attached hydrogens (tertiary/aromatic N) is 1. The average molecular weight is 318 g/mol. The van der Waals surface area contributed by atoms with Crippen LogP contribution in [0.25, 0.3) is 0 Å². The predicted molar refractivity (Wildman–Crippen MR) is 93.8 cm³/mol. The lowest BCUT2D eigenvalue weighted by Crippen LogP contribution is -2.39. The lowest BCUT2D eigenvalue weighted by molar-refractivity contribution is -0.126. The molecule has 23 heavy (non-hydrogen) atoms. The highest BCUT2D eigenvalue weighted by atomic mass is 16.5. The van der Waals surface area contributed by atoms with Gasteiger partial charge in [0.05, 0.1) is 6.10 Å². The molecule has 2 rings (SSSR count). The molecule has 0 aliphatic carbocycles. The van der Waals surface area contributed by atoms with Crippen molar-refractivity contribution in [3.05, 3.63) is 29.8 Å². The van der Waals surface area contributed by atoms with E-state index in [0.717, 1.165) is 51.1 Å². The van der Waals surface area contributed by atoms with E-state index in [0.29, 0.717) is 0 Å². The third-order valence-corrected chi connectivity index (χ3v) is 4.30. The first kappa shape index (κ1) is 17.8. The van der Waals surface area contributed by atoms with Crippen molar-refractivity contribution in [2.75, 3.05) is 26.7 Å². The van der Waals surface area contributed by atoms with Crippen molar-refractivity contribution >= 4 is 5.91 Å². The minimum Gasteiger partial charge on any atom is -0.491 e. The van der Waals surface area contributed by atoms with E-state index < -0.39 is 0 Å². The van der Waals surface area contributed by atoms with Gasteiger partial charge in [0.15, 0.2) is 0 Å². The van der Waals surface area contributed by atoms with Crippen LogP contribution in [-0.2, 0) is 11.2 Å². The number of hydrogen-bond donors (Lipinski definition) is 1. The van der Waals surface area contributed by atoms with Crippen molar-refractivity contribution in [1.82, 2.24) is 10.2 Å². The van der Waals surface area contributed by atoms with E-state index in [1.165, 1.54) is 5.56 Å². The standard InChI is InChI=1S/C19H30N2O2/c1-15(2)23-18-8-4-6-16(14-18)7-5-11-20-19(22)17-9-12-21(3)13-10-17/h4,6,8,14-15,17H,5,7,9-13H2,1-3H3,(H,20,22). The second kappa shape index (κ2) is 8.92. The van der Waals surface area contributed by atoms with Gasteiger partial charge < -0.3 is 15.0 Å². The number of benzene rings is 1. The molecule has 0 spiro atoms. The van der Waals surface area contributed by atoms with Gasteiger partial charge in [0.25, 0.3) is 0 Å². The van der Waals surface area contributed by atoms with Crippen LogP contribution in [0.4, 0.5) is 0 Å². The Hall–Kier alpha value is -1.55. The van der Waals surface area contributed by atoms with Gasteiger partial charge in [-0.15, -0.1) is 0 Å². The van der Waals surface area contributed by atoms with Crippen molar-refractivity contribution in [2.45, 2.75) is 45.6 Å². The minimum atomic E-state index is 0.194. The Kier molecular flexibility index (Phi) is 6.90. The molecule has 1 amide bonds. The molecule has 1 saturated heterocycles. The number of likely N-dealkylation sites (tertiary alicyclic amines) is 1. The Labute approximate surface area is 140 Å². The molecule has 4 nitrogen and oxygen atoms in total. The Morgan fingerprint density at radius 2 is 2.09 bits per heavy atom. The zero-order valence-corrected chi connectivity index (χ0v) is 14.7. The molecule has 1 N–H and O–H groups in total. The number of nitrogens with one attached hydrogen (secondary N) is 1. The summed E-state index contributed by atoms with van der Waals surface area (Å²) in [6, 6.07) is 8.24. The van der Waals surface area contributed by atoms with Gasteiger partial charge in [-0.3, -0.25) is 4.79 Å². The summed E-state index contributed by atoms with van der Waals surface area (Å²) in [7, 11) is 2.12. The molecule has 1 aliphatic heterocycles. The maximum atomic E-state index is 12.1. The topological polar surface area (TPSA) is 41.6 Å². The summed E-state index contributed by atoms with van der Waals surface area (Å²) >= 11 is 0. The molecular formula is C19H30N2O2. The van der Waals surface area contributed by atoms with Crippen molar-refractivity contribution in [1.29, 1.82) is 0 Å². The Morgan fingerprint density at radius 3 is 2.78 bits per heavy atom. The first-order chi connectivity index (χ1) is 11.0. The number of hydrogen-bond acceptors (Lipinski definition) is 3. The van der Waals surface area contributed by atoms with Crippen molar-refractivity contribution < 1.29 is 9.53 Å². The Balaban J connectivity index is 1.68. The zero-order valence-electron chi connectivity index (χ0n) is 14.7. The molecule has 1 heterocycles. The first-order valence-electron chi connectivity index (χ1n) is 8.76. The molecule has 0 radical (unpaired) electrons. The van der Waals surface area contributed by atoms with Crippen LogP contribution in [0.3, 0.4) is 0 Å². The molecule has 0 aromatic heterocycles. The van der Waals surface area contributed by atoms with Crippen LogP contribution in [0.5, 0.6) is 5.75 Å². The molecule has 1 aliphatic rings. The van der Waals surface area contributed by atoms with E-state index in [2.05, 4.69) is 29.4 Å². The zero-order chi connectivity index (χ0) is 16.7. The molecule has 0 bridgehead atoms. The van der Waals surface area contributed by atoms with Gasteiger partial charge in [0.1, 0.15) is 5.75 Å². The largest absolute Gasteiger partial charge is 0.491 e. The minimum absolute atomic E-state index is 0.194. The highest BCUT2D eigenvalue weighted by Crippen LogP contribution is 2.17. The lowest BCUT2D eigenvalue weighted by atomic mass is 9.96. The van der Waals surface area contributed by atoms with E-state index in [-0.39, 0.29) is 17.9 Å². The van der Waals surface area contributed by atoms with Crippen LogP contribution >= 0.6 is 0 Å². The molecule has 0 unspecified atom stereocenters. The summed E-state index contributed by atoms with van der Waals surface area (Å²) in [5.74, 6) is 1.36. The van der Waals surface area contributed by atoms with Gasteiger partial charge in [-0.25, -0.2) is 0 Å². The van der Waals surface area contributed by atoms with Gasteiger partial charge in [0.2, 0.25) is 5.91 Å². The maximum Gasteiger partial charge on any atom is 0.223 e. The molecule has 1 aromatic carbocycles. The highest BCUT2D eigenvalue weighted by molar-refractivity contribution is 5.78. The molecule has 1 fully saturated rings. The van der Waals surface area contributed by atoms with Gasteiger partial charge in [-0.2, -0.15) is 0 Å². The summed E-state index contributed by atoms with van der Waals surface area (Å²) < 4.78 is 5.71. The van der Waals surface area contributed by atoms with E-state index in [4.69, 9.17) is 4.74 Å². The quantitative estimate of drug-likeness (QED) is 0.786. The van der Waals surface area contributed by atoms with Crippen molar-refractivity contribution in [3.8, 4) is 5.75 Å². The SMILES string of the molecule is CC(C)Oc1cccc(CCCNC(=O)C2CCN(C)CC2)c1. The molecular weight excluding hydrogens is 288 g/mol. The van der Waals surface area contributed by atoms with Crippen LogP contribution in [0.2, 0.25) is 0 Å². The van der Waals surface area contributed by atoms with Gasteiger partial charge in [-0.1, -0.05) is 12.1 Å². The third kappa shape index (κ3) is 6.22. The Morgan fingerprint density at radius 1 is 1.35 bits per heavy atom. The predicted octanol–water partition coefficient (Wildman–Crippen LogP) is 2.86. The second-order valence-electron chi connectivity index (χ2n) is 6.79. The summed E-state index contributed by atoms with van der Waals surface area (Å²) in [4.78, 5) is 14.4. The van der Waals surface area contributed by atoms with Crippen molar-refractivity contribution in [2.24, 2.45) is 5.92 Å². The van der Waals surface area contributed by atoms with Gasteiger partial charge in [-0.05, 0) is 77.4 Å². The number of aryl methyl sites for hydroxylation is 1. The first-order valence-corrected chi connectivity index (χ1v) is 8.76. The number of amides is 1. The normalized spacial score (nSPS) is 16.5. The highest BCUT2D eigenvalue weighted by Gasteiger charge is 2.22. The Bertz CT molecular complexity index is 494. The lowest BCUT2D eigenvalue weighted by Gasteiger charge is -2.28. The number of piperidine rings is 1. The van der Waals surface area contributed by atoms with Gasteiger partial charge >= 0.3 is 0 Å². The van der Waals surface area contributed by atoms with Crippen LogP contribution in [0.1, 0.15) is 38.7 Å². The number of rotatable bonds is 7. The molecule has 128 valence electrons. The van der Waals surface area contributed by atoms with E-state index >= 15 is 0 Å². The van der Waals surface area contributed by atoms with E-state index in [9.17, 15) is 4.79 Å².